The average molecular weight is 1010 g/mol. The van der Waals surface area contributed by atoms with E-state index in [1.807, 2.05) is 91.4 Å². The molecule has 4 aromatic carbocycles. The van der Waals surface area contributed by atoms with E-state index in [-0.39, 0.29) is 35.1 Å². The van der Waals surface area contributed by atoms with Crippen molar-refractivity contribution in [2.75, 3.05) is 47.8 Å². The summed E-state index contributed by atoms with van der Waals surface area (Å²) < 4.78 is 9.59. The molecule has 16 heteroatoms. The highest BCUT2D eigenvalue weighted by Crippen LogP contribution is 2.39. The maximum Gasteiger partial charge on any atom is 0.355 e. The van der Waals surface area contributed by atoms with Crippen LogP contribution in [0.3, 0.4) is 0 Å². The van der Waals surface area contributed by atoms with Crippen LogP contribution in [0.25, 0.3) is 32.2 Å². The standard InChI is InChI=1S/C58H63N9O6S/c1-35-40(41-21-23-50(60-53(41)56(71)72)66-28-26-37-9-7-11-42(45(37)34-66)54(69)62-57-59-46-12-5-6-14-49(46)74-57)10-8-13-48(35)73-39-18-15-36(16-19-39)25-27-58(2,3)67-31-29-65(30-32-67)38-17-20-43-47(33-38)64(4)63-52(43)44-22-24-51(68)61-55(44)70/h5-14,17,20-21,23,33,36,39,44H,15-16,18-19,22,24-32,34H2,1-4H3,(H,71,72)(H,59,62,69)(H,61,68,70). The van der Waals surface area contributed by atoms with E-state index < -0.39 is 11.9 Å². The van der Waals surface area contributed by atoms with Gasteiger partial charge in [-0.1, -0.05) is 47.7 Å². The number of ether oxygens (including phenoxy) is 1. The van der Waals surface area contributed by atoms with Gasteiger partial charge in [0.05, 0.1) is 33.4 Å². The Labute approximate surface area is 434 Å². The van der Waals surface area contributed by atoms with Crippen LogP contribution in [0.15, 0.2) is 91.0 Å². The fourth-order valence-corrected chi connectivity index (χ4v) is 12.7. The van der Waals surface area contributed by atoms with Gasteiger partial charge in [-0.3, -0.25) is 34.6 Å². The minimum absolute atomic E-state index is 0.0215. The van der Waals surface area contributed by atoms with Gasteiger partial charge in [-0.15, -0.1) is 0 Å². The van der Waals surface area contributed by atoms with Crippen LogP contribution in [0.4, 0.5) is 16.6 Å². The largest absolute Gasteiger partial charge is 0.490 e. The van der Waals surface area contributed by atoms with Crippen LogP contribution in [0.1, 0.15) is 114 Å². The number of imide groups is 1. The zero-order valence-electron chi connectivity index (χ0n) is 42.5. The first kappa shape index (κ1) is 49.1. The summed E-state index contributed by atoms with van der Waals surface area (Å²) in [5, 5.41) is 22.3. The zero-order valence-corrected chi connectivity index (χ0v) is 43.3. The number of carbonyl (C=O) groups excluding carboxylic acids is 3. The molecule has 3 aliphatic heterocycles. The number of para-hydroxylation sites is 1. The predicted molar refractivity (Wildman–Crippen MR) is 289 cm³/mol. The van der Waals surface area contributed by atoms with Crippen molar-refractivity contribution in [3.8, 4) is 16.9 Å². The van der Waals surface area contributed by atoms with Gasteiger partial charge >= 0.3 is 5.97 Å². The average Bonchev–Trinajstić information content (AvgIpc) is 3.98. The highest BCUT2D eigenvalue weighted by Gasteiger charge is 2.35. The van der Waals surface area contributed by atoms with E-state index >= 15 is 0 Å². The summed E-state index contributed by atoms with van der Waals surface area (Å²) in [5.41, 5.74) is 8.54. The molecule has 3 aromatic heterocycles. The number of nitrogens with one attached hydrogen (secondary N) is 2. The molecule has 74 heavy (non-hydrogen) atoms. The van der Waals surface area contributed by atoms with Crippen LogP contribution in [0, 0.1) is 12.8 Å². The number of piperidine rings is 1. The summed E-state index contributed by atoms with van der Waals surface area (Å²) in [6, 6.07) is 29.6. The van der Waals surface area contributed by atoms with E-state index in [0.717, 1.165) is 119 Å². The summed E-state index contributed by atoms with van der Waals surface area (Å²) in [7, 11) is 1.92. The molecule has 1 saturated carbocycles. The molecule has 1 atom stereocenters. The molecule has 7 aromatic rings. The topological polar surface area (TPSA) is 175 Å². The molecule has 0 radical (unpaired) electrons. The van der Waals surface area contributed by atoms with E-state index in [2.05, 4.69) is 62.4 Å². The number of amides is 3. The first-order valence-corrected chi connectivity index (χ1v) is 26.9. The molecule has 6 heterocycles. The van der Waals surface area contributed by atoms with Crippen molar-refractivity contribution in [1.29, 1.82) is 0 Å². The third-order valence-electron chi connectivity index (χ3n) is 16.2. The number of thiazole rings is 1. The SMILES string of the molecule is Cc1c(OC2CCC(CCC(C)(C)N3CCN(c4ccc5c(C6CCC(=O)NC6=O)nn(C)c5c4)CC3)CC2)cccc1-c1ccc(N2CCc3cccc(C(=O)Nc4nc5ccccc5s4)c3C2)nc1C(=O)O. The predicted octanol–water partition coefficient (Wildman–Crippen LogP) is 9.91. The molecular formula is C58H63N9O6S. The summed E-state index contributed by atoms with van der Waals surface area (Å²) in [6.07, 6.45) is 8.06. The number of aromatic nitrogens is 4. The second kappa shape index (κ2) is 20.3. The molecule has 0 spiro atoms. The summed E-state index contributed by atoms with van der Waals surface area (Å²) >= 11 is 1.44. The van der Waals surface area contributed by atoms with Crippen molar-refractivity contribution < 1.29 is 29.0 Å². The van der Waals surface area contributed by atoms with E-state index in [9.17, 15) is 24.3 Å². The molecule has 3 fully saturated rings. The Kier molecular flexibility index (Phi) is 13.4. The minimum Gasteiger partial charge on any atom is -0.490 e. The third kappa shape index (κ3) is 9.84. The normalized spacial score (nSPS) is 19.6. The number of benzene rings is 4. The van der Waals surface area contributed by atoms with Gasteiger partial charge in [-0.25, -0.2) is 14.8 Å². The highest BCUT2D eigenvalue weighted by atomic mass is 32.1. The van der Waals surface area contributed by atoms with Crippen LogP contribution in [0.5, 0.6) is 5.75 Å². The number of nitrogens with zero attached hydrogens (tertiary/aromatic N) is 7. The number of carboxylic acid groups (broad SMARTS) is 1. The minimum atomic E-state index is -1.10. The molecule has 1 unspecified atom stereocenters. The molecule has 2 saturated heterocycles. The number of aryl methyl sites for hydroxylation is 1. The number of piperazine rings is 1. The van der Waals surface area contributed by atoms with E-state index in [4.69, 9.17) is 14.8 Å². The van der Waals surface area contributed by atoms with Crippen LogP contribution < -0.4 is 25.2 Å². The van der Waals surface area contributed by atoms with E-state index in [0.29, 0.717) is 60.3 Å². The van der Waals surface area contributed by atoms with Gasteiger partial charge in [-0.05, 0) is 155 Å². The van der Waals surface area contributed by atoms with Gasteiger partial charge in [0.25, 0.3) is 5.91 Å². The molecule has 3 amide bonds. The fourth-order valence-electron chi connectivity index (χ4n) is 11.8. The third-order valence-corrected chi connectivity index (χ3v) is 17.2. The number of fused-ring (bicyclic) bond motifs is 3. The van der Waals surface area contributed by atoms with Crippen molar-refractivity contribution in [1.82, 2.24) is 30.0 Å². The van der Waals surface area contributed by atoms with Gasteiger partial charge in [0.2, 0.25) is 11.8 Å². The lowest BCUT2D eigenvalue weighted by molar-refractivity contribution is -0.134. The van der Waals surface area contributed by atoms with E-state index in [1.54, 1.807) is 0 Å². The van der Waals surface area contributed by atoms with Crippen molar-refractivity contribution in [3.63, 3.8) is 0 Å². The van der Waals surface area contributed by atoms with Crippen LogP contribution >= 0.6 is 11.3 Å². The Hall–Kier alpha value is -7.17. The molecule has 4 aliphatic rings. The van der Waals surface area contributed by atoms with Gasteiger partial charge in [0, 0.05) is 80.5 Å². The number of anilines is 3. The van der Waals surface area contributed by atoms with Gasteiger partial charge < -0.3 is 19.6 Å². The number of aromatic carboxylic acids is 1. The van der Waals surface area contributed by atoms with Crippen LogP contribution in [-0.2, 0) is 29.6 Å². The molecule has 15 nitrogen and oxygen atoms in total. The van der Waals surface area contributed by atoms with Crippen LogP contribution in [-0.4, -0.2) is 97.8 Å². The second-order valence-corrected chi connectivity index (χ2v) is 22.2. The summed E-state index contributed by atoms with van der Waals surface area (Å²) in [6.45, 7) is 11.6. The monoisotopic (exact) mass is 1010 g/mol. The molecule has 11 rings (SSSR count). The lowest BCUT2D eigenvalue weighted by atomic mass is 9.81. The first-order chi connectivity index (χ1) is 35.8. The van der Waals surface area contributed by atoms with Crippen molar-refractivity contribution in [3.05, 3.63) is 125 Å². The smallest absolute Gasteiger partial charge is 0.355 e. The molecule has 1 aliphatic carbocycles. The fraction of sp³-hybridized carbons (Fsp3) is 0.397. The maximum atomic E-state index is 13.7. The highest BCUT2D eigenvalue weighted by molar-refractivity contribution is 7.22. The first-order valence-electron chi connectivity index (χ1n) is 26.1. The maximum absolute atomic E-state index is 13.7. The quantitative estimate of drug-likeness (QED) is 0.0935. The number of carboxylic acids is 1. The molecule has 3 N–H and O–H groups in total. The lowest BCUT2D eigenvalue weighted by Crippen LogP contribution is -2.54. The van der Waals surface area contributed by atoms with Gasteiger partial charge in [0.15, 0.2) is 10.8 Å². The Morgan fingerprint density at radius 1 is 0.851 bits per heavy atom. The van der Waals surface area contributed by atoms with Crippen molar-refractivity contribution >= 4 is 72.8 Å². The Bertz CT molecular complexity index is 3280. The number of hydrogen-bond acceptors (Lipinski definition) is 12. The van der Waals surface area contributed by atoms with E-state index in [1.165, 1.54) is 17.8 Å². The molecule has 382 valence electrons. The lowest BCUT2D eigenvalue weighted by Gasteiger charge is -2.45. The van der Waals surface area contributed by atoms with Crippen LogP contribution in [0.2, 0.25) is 0 Å². The molecular weight excluding hydrogens is 951 g/mol. The molecule has 0 bridgehead atoms. The Morgan fingerprint density at radius 3 is 2.43 bits per heavy atom. The number of pyridine rings is 1. The number of carbonyl (C=O) groups is 4. The van der Waals surface area contributed by atoms with Crippen molar-refractivity contribution in [2.45, 2.75) is 103 Å². The second-order valence-electron chi connectivity index (χ2n) is 21.2. The Balaban J connectivity index is 0.680. The number of hydrogen-bond donors (Lipinski definition) is 3. The van der Waals surface area contributed by atoms with Gasteiger partial charge in [0.1, 0.15) is 11.6 Å². The summed E-state index contributed by atoms with van der Waals surface area (Å²) in [4.78, 5) is 67.6. The van der Waals surface area contributed by atoms with Gasteiger partial charge in [-0.2, -0.15) is 5.10 Å². The number of rotatable bonds is 13. The van der Waals surface area contributed by atoms with Crippen molar-refractivity contribution in [2.24, 2.45) is 13.0 Å². The summed E-state index contributed by atoms with van der Waals surface area (Å²) in [5.74, 6) is -0.268. The Morgan fingerprint density at radius 2 is 1.65 bits per heavy atom. The zero-order chi connectivity index (χ0) is 51.3.